The Labute approximate surface area is 225 Å². The van der Waals surface area contributed by atoms with E-state index in [2.05, 4.69) is 96.3 Å². The highest BCUT2D eigenvalue weighted by molar-refractivity contribution is 7.99. The van der Waals surface area contributed by atoms with Gasteiger partial charge in [0.05, 0.1) is 0 Å². The van der Waals surface area contributed by atoms with Gasteiger partial charge in [0.25, 0.3) is 5.91 Å². The first-order valence-corrected chi connectivity index (χ1v) is 13.8. The smallest absolute Gasteiger partial charge is 0.258 e. The summed E-state index contributed by atoms with van der Waals surface area (Å²) in [6, 6.07) is 51.3. The number of rotatable bonds is 7. The predicted molar refractivity (Wildman–Crippen MR) is 153 cm³/mol. The maximum Gasteiger partial charge on any atom is 0.258 e. The van der Waals surface area contributed by atoms with Crippen LogP contribution in [0.5, 0.6) is 0 Å². The fourth-order valence-corrected chi connectivity index (χ4v) is 8.72. The van der Waals surface area contributed by atoms with Gasteiger partial charge in [-0.05, 0) is 54.1 Å². The highest BCUT2D eigenvalue weighted by Gasteiger charge is 2.50. The quantitative estimate of drug-likeness (QED) is 0.328. The van der Waals surface area contributed by atoms with Crippen molar-refractivity contribution < 1.29 is 17.2 Å². The molecule has 0 heterocycles. The van der Waals surface area contributed by atoms with Crippen molar-refractivity contribution in [3.05, 3.63) is 168 Å². The van der Waals surface area contributed by atoms with Crippen LogP contribution in [0.1, 0.15) is 15.9 Å². The minimum Gasteiger partial charge on any atom is -1.00 e. The SMILES string of the molecule is O=C(N/C(=C\c1ccccc1)[P+](c1ccccc1)(c1ccccc1)c1ccccc1)c1ccccc1.[Cl-]. The molecule has 1 N–H and O–H groups in total. The van der Waals surface area contributed by atoms with Gasteiger partial charge in [-0.3, -0.25) is 10.1 Å². The van der Waals surface area contributed by atoms with Crippen molar-refractivity contribution in [3.8, 4) is 0 Å². The summed E-state index contributed by atoms with van der Waals surface area (Å²) in [6.45, 7) is 0. The Balaban J connectivity index is 0.00000320. The number of nitrogens with one attached hydrogen (secondary N) is 1. The van der Waals surface area contributed by atoms with Crippen molar-refractivity contribution in [3.63, 3.8) is 0 Å². The zero-order valence-corrected chi connectivity index (χ0v) is 21.9. The van der Waals surface area contributed by atoms with Crippen molar-refractivity contribution in [2.24, 2.45) is 0 Å². The molecule has 182 valence electrons. The van der Waals surface area contributed by atoms with E-state index < -0.39 is 7.26 Å². The van der Waals surface area contributed by atoms with Crippen molar-refractivity contribution >= 4 is 35.2 Å². The molecule has 1 amide bonds. The van der Waals surface area contributed by atoms with Crippen LogP contribution < -0.4 is 33.6 Å². The van der Waals surface area contributed by atoms with Gasteiger partial charge in [-0.25, -0.2) is 0 Å². The summed E-state index contributed by atoms with van der Waals surface area (Å²) in [5.74, 6) is -0.120. The summed E-state index contributed by atoms with van der Waals surface area (Å²) in [5.41, 5.74) is 2.56. The van der Waals surface area contributed by atoms with E-state index in [0.29, 0.717) is 5.56 Å². The van der Waals surface area contributed by atoms with Crippen LogP contribution in [-0.4, -0.2) is 5.91 Å². The standard InChI is InChI=1S/C33H26NOP.ClH/c35-33(28-18-8-2-9-19-28)34-32(26-27-16-6-1-7-17-27)36(29-20-10-3-11-21-29,30-22-12-4-13-23-30)31-24-14-5-15-25-31;/h1-26H;1H/b32-26+;. The van der Waals surface area contributed by atoms with Gasteiger partial charge < -0.3 is 12.4 Å². The summed E-state index contributed by atoms with van der Waals surface area (Å²) in [6.07, 6.45) is 2.14. The minimum absolute atomic E-state index is 0. The Bertz CT molecular complexity index is 1340. The normalized spacial score (nSPS) is 11.3. The topological polar surface area (TPSA) is 29.1 Å². The van der Waals surface area contributed by atoms with Crippen LogP contribution in [0.2, 0.25) is 0 Å². The minimum atomic E-state index is -2.47. The maximum atomic E-state index is 13.7. The van der Waals surface area contributed by atoms with Gasteiger partial charge in [0.2, 0.25) is 0 Å². The number of benzene rings is 5. The van der Waals surface area contributed by atoms with E-state index in [1.807, 2.05) is 66.7 Å². The summed E-state index contributed by atoms with van der Waals surface area (Å²) in [7, 11) is -2.47. The van der Waals surface area contributed by atoms with Crippen LogP contribution in [0.15, 0.2) is 157 Å². The molecule has 0 aliphatic carbocycles. The molecule has 0 fully saturated rings. The molecule has 0 radical (unpaired) electrons. The first-order valence-electron chi connectivity index (χ1n) is 12.0. The van der Waals surface area contributed by atoms with Crippen LogP contribution in [0, 0.1) is 0 Å². The van der Waals surface area contributed by atoms with Crippen LogP contribution >= 0.6 is 7.26 Å². The lowest BCUT2D eigenvalue weighted by atomic mass is 10.2. The van der Waals surface area contributed by atoms with Gasteiger partial charge in [-0.15, -0.1) is 0 Å². The number of halogens is 1. The van der Waals surface area contributed by atoms with Gasteiger partial charge in [0.15, 0.2) is 12.7 Å². The second-order valence-electron chi connectivity index (χ2n) is 8.44. The third kappa shape index (κ3) is 5.57. The third-order valence-corrected chi connectivity index (χ3v) is 10.4. The van der Waals surface area contributed by atoms with E-state index in [1.54, 1.807) is 0 Å². The summed E-state index contributed by atoms with van der Waals surface area (Å²) < 4.78 is 0. The largest absolute Gasteiger partial charge is 1.00 e. The van der Waals surface area contributed by atoms with Gasteiger partial charge in [-0.2, -0.15) is 0 Å². The Hall–Kier alpha value is -3.97. The van der Waals surface area contributed by atoms with E-state index in [0.717, 1.165) is 11.0 Å². The lowest BCUT2D eigenvalue weighted by Gasteiger charge is -2.29. The molecular weight excluding hydrogens is 493 g/mol. The molecule has 37 heavy (non-hydrogen) atoms. The monoisotopic (exact) mass is 519 g/mol. The molecule has 5 aromatic carbocycles. The zero-order valence-electron chi connectivity index (χ0n) is 20.2. The van der Waals surface area contributed by atoms with Crippen LogP contribution in [0.25, 0.3) is 6.08 Å². The summed E-state index contributed by atoms with van der Waals surface area (Å²) in [4.78, 5) is 13.7. The highest BCUT2D eigenvalue weighted by atomic mass is 35.5. The fraction of sp³-hybridized carbons (Fsp3) is 0. The molecule has 0 aliphatic heterocycles. The van der Waals surface area contributed by atoms with E-state index >= 15 is 0 Å². The van der Waals surface area contributed by atoms with Crippen LogP contribution in [-0.2, 0) is 0 Å². The van der Waals surface area contributed by atoms with E-state index in [1.165, 1.54) is 15.9 Å². The van der Waals surface area contributed by atoms with Crippen molar-refractivity contribution in [2.75, 3.05) is 0 Å². The lowest BCUT2D eigenvalue weighted by Crippen LogP contribution is -3.00. The lowest BCUT2D eigenvalue weighted by molar-refractivity contribution is -0.0000151. The Kier molecular flexibility index (Phi) is 8.69. The molecule has 0 aliphatic rings. The van der Waals surface area contributed by atoms with E-state index in [4.69, 9.17) is 0 Å². The van der Waals surface area contributed by atoms with E-state index in [-0.39, 0.29) is 18.3 Å². The molecular formula is C33H27ClNOP. The first-order chi connectivity index (χ1) is 17.8. The molecule has 0 aromatic heterocycles. The number of carbonyl (C=O) groups excluding carboxylic acids is 1. The average Bonchev–Trinajstić information content (AvgIpc) is 2.96. The Morgan fingerprint density at radius 1 is 0.514 bits per heavy atom. The molecule has 0 unspecified atom stereocenters. The van der Waals surface area contributed by atoms with Crippen molar-refractivity contribution in [1.29, 1.82) is 0 Å². The number of amides is 1. The van der Waals surface area contributed by atoms with E-state index in [9.17, 15) is 4.79 Å². The predicted octanol–water partition coefficient (Wildman–Crippen LogP) is 3.41. The van der Waals surface area contributed by atoms with Gasteiger partial charge >= 0.3 is 0 Å². The Morgan fingerprint density at radius 2 is 0.865 bits per heavy atom. The average molecular weight is 520 g/mol. The molecule has 0 saturated carbocycles. The molecule has 0 bridgehead atoms. The van der Waals surface area contributed by atoms with Gasteiger partial charge in [0.1, 0.15) is 15.9 Å². The molecule has 4 heteroatoms. The van der Waals surface area contributed by atoms with Gasteiger partial charge in [-0.1, -0.05) is 103 Å². The first kappa shape index (κ1) is 26.1. The highest BCUT2D eigenvalue weighted by Crippen LogP contribution is 2.61. The molecule has 0 spiro atoms. The molecule has 5 aromatic rings. The number of hydrogen-bond acceptors (Lipinski definition) is 1. The summed E-state index contributed by atoms with van der Waals surface area (Å²) >= 11 is 0. The fourth-order valence-electron chi connectivity index (χ4n) is 4.52. The van der Waals surface area contributed by atoms with Crippen LogP contribution in [0.4, 0.5) is 0 Å². The zero-order chi connectivity index (χ0) is 24.6. The Morgan fingerprint density at radius 3 is 1.27 bits per heavy atom. The van der Waals surface area contributed by atoms with Gasteiger partial charge in [0, 0.05) is 11.6 Å². The maximum absolute atomic E-state index is 13.7. The van der Waals surface area contributed by atoms with Crippen molar-refractivity contribution in [2.45, 2.75) is 0 Å². The number of hydrogen-bond donors (Lipinski definition) is 1. The summed E-state index contributed by atoms with van der Waals surface area (Å²) in [5, 5.41) is 6.93. The third-order valence-electron chi connectivity index (χ3n) is 6.17. The van der Waals surface area contributed by atoms with Crippen molar-refractivity contribution in [1.82, 2.24) is 5.32 Å². The second-order valence-corrected chi connectivity index (χ2v) is 11.8. The number of carbonyl (C=O) groups is 1. The molecule has 0 atom stereocenters. The molecule has 2 nitrogen and oxygen atoms in total. The molecule has 0 saturated heterocycles. The molecule has 5 rings (SSSR count). The second kappa shape index (κ2) is 12.3. The van der Waals surface area contributed by atoms with Crippen LogP contribution in [0.3, 0.4) is 0 Å².